The van der Waals surface area contributed by atoms with Crippen LogP contribution in [0.3, 0.4) is 0 Å². The predicted molar refractivity (Wildman–Crippen MR) is 124 cm³/mol. The van der Waals surface area contributed by atoms with E-state index < -0.39 is 0 Å². The molecule has 0 saturated heterocycles. The van der Waals surface area contributed by atoms with E-state index in [9.17, 15) is 14.7 Å². The number of para-hydroxylation sites is 1. The van der Waals surface area contributed by atoms with Crippen LogP contribution in [0.5, 0.6) is 23.0 Å². The summed E-state index contributed by atoms with van der Waals surface area (Å²) in [7, 11) is 0. The third-order valence-corrected chi connectivity index (χ3v) is 4.99. The highest BCUT2D eigenvalue weighted by Gasteiger charge is 2.15. The highest BCUT2D eigenvalue weighted by molar-refractivity contribution is 5.80. The summed E-state index contributed by atoms with van der Waals surface area (Å²) in [5, 5.41) is 12.4. The number of ether oxygens (including phenoxy) is 2. The fourth-order valence-corrected chi connectivity index (χ4v) is 3.29. The van der Waals surface area contributed by atoms with Crippen molar-refractivity contribution in [1.82, 2.24) is 5.32 Å². The Balaban J connectivity index is 1.37. The molecule has 3 aromatic carbocycles. The lowest BCUT2D eigenvalue weighted by Crippen LogP contribution is -2.30. The number of carbonyl (C=O) groups is 1. The van der Waals surface area contributed by atoms with Crippen molar-refractivity contribution >= 4 is 16.9 Å². The average Bonchev–Trinajstić information content (AvgIpc) is 2.82. The smallest absolute Gasteiger partial charge is 0.257 e. The van der Waals surface area contributed by atoms with Gasteiger partial charge in [0.05, 0.1) is 5.39 Å². The lowest BCUT2D eigenvalue weighted by Gasteiger charge is -2.10. The summed E-state index contributed by atoms with van der Waals surface area (Å²) in [6.07, 6.45) is 0.639. The van der Waals surface area contributed by atoms with Crippen LogP contribution in [0.4, 0.5) is 0 Å². The Morgan fingerprint density at radius 1 is 1.00 bits per heavy atom. The molecule has 0 aliphatic carbocycles. The number of fused-ring (bicyclic) bond motifs is 1. The monoisotopic (exact) mass is 445 g/mol. The third kappa shape index (κ3) is 5.51. The summed E-state index contributed by atoms with van der Waals surface area (Å²) in [4.78, 5) is 25.0. The van der Waals surface area contributed by atoms with E-state index >= 15 is 0 Å². The molecule has 0 spiro atoms. The Labute approximate surface area is 190 Å². The second kappa shape index (κ2) is 9.91. The fourth-order valence-electron chi connectivity index (χ4n) is 3.29. The van der Waals surface area contributed by atoms with Crippen molar-refractivity contribution in [1.29, 1.82) is 0 Å². The molecule has 2 N–H and O–H groups in total. The molecule has 33 heavy (non-hydrogen) atoms. The summed E-state index contributed by atoms with van der Waals surface area (Å²) in [6.45, 7) is 1.94. The van der Waals surface area contributed by atoms with Crippen molar-refractivity contribution in [2.75, 3.05) is 13.2 Å². The second-order valence-electron chi connectivity index (χ2n) is 7.44. The first-order valence-electron chi connectivity index (χ1n) is 10.5. The van der Waals surface area contributed by atoms with E-state index in [0.29, 0.717) is 41.2 Å². The van der Waals surface area contributed by atoms with E-state index in [1.807, 2.05) is 18.2 Å². The maximum atomic E-state index is 12.9. The summed E-state index contributed by atoms with van der Waals surface area (Å²) in [6, 6.07) is 20.6. The fraction of sp³-hybridized carbons (Fsp3) is 0.154. The van der Waals surface area contributed by atoms with Crippen LogP contribution in [0.2, 0.25) is 0 Å². The molecular formula is C26H23NO6. The standard InChI is InChI=1S/C26H23NO6/c1-17-26(33-20-5-3-2-4-6-20)25(30)22-12-11-21(15-23(22)32-17)31-16-24(29)27-14-13-18-7-9-19(28)10-8-18/h2-12,15,28H,13-14,16H2,1H3,(H,27,29). The van der Waals surface area contributed by atoms with Gasteiger partial charge in [-0.3, -0.25) is 9.59 Å². The summed E-state index contributed by atoms with van der Waals surface area (Å²) >= 11 is 0. The normalized spacial score (nSPS) is 10.7. The number of rotatable bonds is 8. The molecule has 0 aliphatic heterocycles. The van der Waals surface area contributed by atoms with Gasteiger partial charge in [0.15, 0.2) is 6.61 Å². The number of phenolic OH excluding ortho intramolecular Hbond substituents is 1. The number of benzene rings is 3. The van der Waals surface area contributed by atoms with Crippen molar-refractivity contribution in [2.45, 2.75) is 13.3 Å². The van der Waals surface area contributed by atoms with Gasteiger partial charge in [-0.15, -0.1) is 0 Å². The quantitative estimate of drug-likeness (QED) is 0.419. The molecule has 1 heterocycles. The predicted octanol–water partition coefficient (Wildman–Crippen LogP) is 4.34. The van der Waals surface area contributed by atoms with Crippen LogP contribution in [0, 0.1) is 6.92 Å². The van der Waals surface area contributed by atoms with Crippen LogP contribution in [0.1, 0.15) is 11.3 Å². The summed E-state index contributed by atoms with van der Waals surface area (Å²) in [5.41, 5.74) is 1.07. The SMILES string of the molecule is Cc1oc2cc(OCC(=O)NCCc3ccc(O)cc3)ccc2c(=O)c1Oc1ccccc1. The lowest BCUT2D eigenvalue weighted by atomic mass is 10.1. The molecule has 1 aromatic heterocycles. The molecule has 4 rings (SSSR count). The Hall–Kier alpha value is -4.26. The van der Waals surface area contributed by atoms with E-state index in [1.54, 1.807) is 61.5 Å². The Kier molecular flexibility index (Phi) is 6.59. The number of nitrogens with one attached hydrogen (secondary N) is 1. The highest BCUT2D eigenvalue weighted by atomic mass is 16.5. The maximum absolute atomic E-state index is 12.9. The molecule has 1 amide bonds. The molecule has 0 atom stereocenters. The van der Waals surface area contributed by atoms with E-state index in [4.69, 9.17) is 13.9 Å². The van der Waals surface area contributed by atoms with Crippen LogP contribution >= 0.6 is 0 Å². The van der Waals surface area contributed by atoms with E-state index in [-0.39, 0.29) is 29.4 Å². The van der Waals surface area contributed by atoms with Gasteiger partial charge in [-0.25, -0.2) is 0 Å². The van der Waals surface area contributed by atoms with Gasteiger partial charge in [-0.05, 0) is 55.3 Å². The van der Waals surface area contributed by atoms with E-state index in [2.05, 4.69) is 5.32 Å². The molecule has 0 unspecified atom stereocenters. The number of hydrogen-bond donors (Lipinski definition) is 2. The molecule has 0 aliphatic rings. The Bertz CT molecular complexity index is 1310. The van der Waals surface area contributed by atoms with Gasteiger partial charge in [0, 0.05) is 12.6 Å². The van der Waals surface area contributed by atoms with Crippen molar-refractivity contribution < 1.29 is 23.8 Å². The number of carbonyl (C=O) groups excluding carboxylic acids is 1. The van der Waals surface area contributed by atoms with E-state index in [0.717, 1.165) is 5.56 Å². The molecule has 0 fully saturated rings. The van der Waals surface area contributed by atoms with Crippen molar-refractivity contribution in [2.24, 2.45) is 0 Å². The van der Waals surface area contributed by atoms with Gasteiger partial charge >= 0.3 is 0 Å². The summed E-state index contributed by atoms with van der Waals surface area (Å²) < 4.78 is 17.1. The first kappa shape index (κ1) is 22.0. The van der Waals surface area contributed by atoms with Gasteiger partial charge in [0.2, 0.25) is 11.2 Å². The second-order valence-corrected chi connectivity index (χ2v) is 7.44. The lowest BCUT2D eigenvalue weighted by molar-refractivity contribution is -0.123. The van der Waals surface area contributed by atoms with Crippen LogP contribution in [0.25, 0.3) is 11.0 Å². The molecular weight excluding hydrogens is 422 g/mol. The van der Waals surface area contributed by atoms with Crippen LogP contribution in [0.15, 0.2) is 82.0 Å². The van der Waals surface area contributed by atoms with Crippen molar-refractivity contribution in [3.8, 4) is 23.0 Å². The van der Waals surface area contributed by atoms with Gasteiger partial charge in [-0.2, -0.15) is 0 Å². The topological polar surface area (TPSA) is 98.0 Å². The molecule has 0 saturated carbocycles. The molecule has 7 nitrogen and oxygen atoms in total. The number of aryl methyl sites for hydroxylation is 1. The average molecular weight is 445 g/mol. The Morgan fingerprint density at radius 3 is 2.52 bits per heavy atom. The van der Waals surface area contributed by atoms with Crippen molar-refractivity contribution in [3.63, 3.8) is 0 Å². The van der Waals surface area contributed by atoms with Gasteiger partial charge in [0.25, 0.3) is 5.91 Å². The molecule has 0 radical (unpaired) electrons. The highest BCUT2D eigenvalue weighted by Crippen LogP contribution is 2.27. The number of phenols is 1. The van der Waals surface area contributed by atoms with Crippen LogP contribution in [-0.4, -0.2) is 24.2 Å². The van der Waals surface area contributed by atoms with Crippen molar-refractivity contribution in [3.05, 3.63) is 94.3 Å². The van der Waals surface area contributed by atoms with Crippen LogP contribution in [-0.2, 0) is 11.2 Å². The number of hydrogen-bond acceptors (Lipinski definition) is 6. The minimum absolute atomic E-state index is 0.135. The largest absolute Gasteiger partial charge is 0.508 e. The maximum Gasteiger partial charge on any atom is 0.257 e. The number of aromatic hydroxyl groups is 1. The molecule has 7 heteroatoms. The molecule has 168 valence electrons. The van der Waals surface area contributed by atoms with Gasteiger partial charge in [0.1, 0.15) is 28.6 Å². The van der Waals surface area contributed by atoms with Crippen LogP contribution < -0.4 is 20.2 Å². The molecule has 4 aromatic rings. The minimum atomic E-state index is -0.281. The van der Waals surface area contributed by atoms with Gasteiger partial charge < -0.3 is 24.3 Å². The Morgan fingerprint density at radius 2 is 1.76 bits per heavy atom. The summed E-state index contributed by atoms with van der Waals surface area (Å²) in [5.74, 6) is 1.38. The van der Waals surface area contributed by atoms with Gasteiger partial charge in [-0.1, -0.05) is 30.3 Å². The first-order valence-corrected chi connectivity index (χ1v) is 10.5. The first-order chi connectivity index (χ1) is 16.0. The zero-order valence-corrected chi connectivity index (χ0v) is 18.0. The zero-order chi connectivity index (χ0) is 23.2. The minimum Gasteiger partial charge on any atom is -0.508 e. The zero-order valence-electron chi connectivity index (χ0n) is 18.0. The molecule has 0 bridgehead atoms. The van der Waals surface area contributed by atoms with E-state index in [1.165, 1.54) is 0 Å². The third-order valence-electron chi connectivity index (χ3n) is 4.99. The number of amides is 1.